The van der Waals surface area contributed by atoms with Gasteiger partial charge in [-0.25, -0.2) is 0 Å². The van der Waals surface area contributed by atoms with E-state index in [9.17, 15) is 0 Å². The van der Waals surface area contributed by atoms with Gasteiger partial charge in [0.15, 0.2) is 0 Å². The average molecular weight is 272 g/mol. The maximum absolute atomic E-state index is 6.37. The highest BCUT2D eigenvalue weighted by Crippen LogP contribution is 2.31. The number of hydrogen-bond donors (Lipinski definition) is 1. The van der Waals surface area contributed by atoms with Gasteiger partial charge in [0, 0.05) is 42.8 Å². The molecule has 0 bridgehead atoms. The van der Waals surface area contributed by atoms with Gasteiger partial charge in [0.05, 0.1) is 11.4 Å². The van der Waals surface area contributed by atoms with Crippen LogP contribution in [0.4, 0.5) is 11.4 Å². The summed E-state index contributed by atoms with van der Waals surface area (Å²) in [5.74, 6) is 0. The summed E-state index contributed by atoms with van der Waals surface area (Å²) in [4.78, 5) is 8.72. The molecular formula is C16H24N4. The van der Waals surface area contributed by atoms with Crippen LogP contribution in [0.3, 0.4) is 0 Å². The number of hydrogen-bond acceptors (Lipinski definition) is 4. The van der Waals surface area contributed by atoms with E-state index in [2.05, 4.69) is 47.9 Å². The lowest BCUT2D eigenvalue weighted by molar-refractivity contribution is 0.413. The Kier molecular flexibility index (Phi) is 4.79. The second-order valence-corrected chi connectivity index (χ2v) is 5.39. The Morgan fingerprint density at radius 1 is 1.10 bits per heavy atom. The van der Waals surface area contributed by atoms with E-state index in [1.165, 1.54) is 0 Å². The van der Waals surface area contributed by atoms with E-state index < -0.39 is 0 Å². The molecule has 1 aromatic carbocycles. The number of rotatable bonds is 6. The third kappa shape index (κ3) is 3.20. The summed E-state index contributed by atoms with van der Waals surface area (Å²) in [6.45, 7) is 5.23. The lowest BCUT2D eigenvalue weighted by Crippen LogP contribution is -2.32. The van der Waals surface area contributed by atoms with Gasteiger partial charge in [-0.1, -0.05) is 13.0 Å². The molecule has 0 saturated carbocycles. The molecule has 0 fully saturated rings. The number of benzene rings is 1. The molecule has 0 radical (unpaired) electrons. The highest BCUT2D eigenvalue weighted by Gasteiger charge is 2.11. The van der Waals surface area contributed by atoms with Crippen molar-refractivity contribution in [2.24, 2.45) is 0 Å². The topological polar surface area (TPSA) is 45.4 Å². The zero-order valence-electron chi connectivity index (χ0n) is 12.6. The second kappa shape index (κ2) is 6.57. The normalized spacial score (nSPS) is 11.2. The van der Waals surface area contributed by atoms with E-state index in [-0.39, 0.29) is 0 Å². The molecule has 0 atom stereocenters. The smallest absolute Gasteiger partial charge is 0.0632 e. The molecule has 0 aliphatic heterocycles. The molecule has 0 aliphatic carbocycles. The van der Waals surface area contributed by atoms with Crippen molar-refractivity contribution in [2.75, 3.05) is 44.4 Å². The summed E-state index contributed by atoms with van der Waals surface area (Å²) in [5, 5.41) is 2.18. The maximum atomic E-state index is 6.37. The first-order chi connectivity index (χ1) is 9.63. The van der Waals surface area contributed by atoms with Crippen molar-refractivity contribution >= 4 is 22.1 Å². The van der Waals surface area contributed by atoms with Gasteiger partial charge < -0.3 is 15.5 Å². The Labute approximate surface area is 121 Å². The van der Waals surface area contributed by atoms with Gasteiger partial charge in [-0.05, 0) is 32.6 Å². The number of nitrogen functional groups attached to an aromatic ring is 1. The van der Waals surface area contributed by atoms with Crippen molar-refractivity contribution in [3.8, 4) is 0 Å². The number of pyridine rings is 1. The SMILES string of the molecule is CCCN(CCN(C)C)c1ccc2cnccc2c1N. The molecule has 108 valence electrons. The number of likely N-dealkylation sites (N-methyl/N-ethyl adjacent to an activating group) is 1. The minimum atomic E-state index is 0.858. The van der Waals surface area contributed by atoms with Gasteiger partial charge in [0.2, 0.25) is 0 Å². The minimum absolute atomic E-state index is 0.858. The van der Waals surface area contributed by atoms with Crippen molar-refractivity contribution in [3.63, 3.8) is 0 Å². The third-order valence-electron chi connectivity index (χ3n) is 3.49. The van der Waals surface area contributed by atoms with Crippen molar-refractivity contribution < 1.29 is 0 Å². The molecule has 20 heavy (non-hydrogen) atoms. The standard InChI is InChI=1S/C16H24N4/c1-4-9-20(11-10-19(2)3)15-6-5-13-12-18-8-7-14(13)16(15)17/h5-8,12H,4,9-11,17H2,1-3H3. The number of fused-ring (bicyclic) bond motifs is 1. The summed E-state index contributed by atoms with van der Waals surface area (Å²) in [7, 11) is 4.19. The predicted octanol–water partition coefficient (Wildman–Crippen LogP) is 2.59. The molecule has 0 unspecified atom stereocenters. The van der Waals surface area contributed by atoms with Crippen LogP contribution in [0.15, 0.2) is 30.6 Å². The molecule has 4 nitrogen and oxygen atoms in total. The van der Waals surface area contributed by atoms with Crippen molar-refractivity contribution in [1.29, 1.82) is 0 Å². The van der Waals surface area contributed by atoms with E-state index in [0.717, 1.165) is 48.2 Å². The second-order valence-electron chi connectivity index (χ2n) is 5.39. The van der Waals surface area contributed by atoms with Crippen LogP contribution in [0.5, 0.6) is 0 Å². The lowest BCUT2D eigenvalue weighted by atomic mass is 10.1. The summed E-state index contributed by atoms with van der Waals surface area (Å²) >= 11 is 0. The van der Waals surface area contributed by atoms with Crippen LogP contribution in [0.1, 0.15) is 13.3 Å². The summed E-state index contributed by atoms with van der Waals surface area (Å²) < 4.78 is 0. The molecule has 1 aromatic heterocycles. The van der Waals surface area contributed by atoms with E-state index in [0.29, 0.717) is 0 Å². The molecule has 2 aromatic rings. The molecule has 2 rings (SSSR count). The van der Waals surface area contributed by atoms with Gasteiger partial charge in [-0.2, -0.15) is 0 Å². The van der Waals surface area contributed by atoms with Crippen molar-refractivity contribution in [1.82, 2.24) is 9.88 Å². The van der Waals surface area contributed by atoms with Crippen LogP contribution in [-0.2, 0) is 0 Å². The Morgan fingerprint density at radius 3 is 2.60 bits per heavy atom. The predicted molar refractivity (Wildman–Crippen MR) is 87.2 cm³/mol. The highest BCUT2D eigenvalue weighted by molar-refractivity contribution is 5.98. The fraction of sp³-hybridized carbons (Fsp3) is 0.438. The average Bonchev–Trinajstić information content (AvgIpc) is 2.44. The zero-order valence-corrected chi connectivity index (χ0v) is 12.6. The van der Waals surface area contributed by atoms with Gasteiger partial charge in [-0.3, -0.25) is 4.98 Å². The molecule has 2 N–H and O–H groups in total. The van der Waals surface area contributed by atoms with Crippen LogP contribution in [0.25, 0.3) is 10.8 Å². The molecular weight excluding hydrogens is 248 g/mol. The van der Waals surface area contributed by atoms with Crippen molar-refractivity contribution in [2.45, 2.75) is 13.3 Å². The van der Waals surface area contributed by atoms with Crippen molar-refractivity contribution in [3.05, 3.63) is 30.6 Å². The first-order valence-corrected chi connectivity index (χ1v) is 7.15. The monoisotopic (exact) mass is 272 g/mol. The van der Waals surface area contributed by atoms with Gasteiger partial charge in [0.25, 0.3) is 0 Å². The first-order valence-electron chi connectivity index (χ1n) is 7.15. The highest BCUT2D eigenvalue weighted by atomic mass is 15.2. The quantitative estimate of drug-likeness (QED) is 0.821. The lowest BCUT2D eigenvalue weighted by Gasteiger charge is -2.27. The number of nitrogens with zero attached hydrogens (tertiary/aromatic N) is 3. The fourth-order valence-corrected chi connectivity index (χ4v) is 2.40. The Balaban J connectivity index is 2.34. The van der Waals surface area contributed by atoms with Crippen LogP contribution >= 0.6 is 0 Å². The van der Waals surface area contributed by atoms with Crippen LogP contribution < -0.4 is 10.6 Å². The van der Waals surface area contributed by atoms with E-state index in [1.807, 2.05) is 12.3 Å². The number of anilines is 2. The largest absolute Gasteiger partial charge is 0.397 e. The number of nitrogens with two attached hydrogens (primary N) is 1. The molecule has 0 spiro atoms. The Morgan fingerprint density at radius 2 is 1.90 bits per heavy atom. The van der Waals surface area contributed by atoms with Gasteiger partial charge >= 0.3 is 0 Å². The number of aromatic nitrogens is 1. The van der Waals surface area contributed by atoms with Crippen LogP contribution in [-0.4, -0.2) is 43.6 Å². The first kappa shape index (κ1) is 14.6. The Bertz CT molecular complexity index is 565. The van der Waals surface area contributed by atoms with Gasteiger partial charge in [-0.15, -0.1) is 0 Å². The van der Waals surface area contributed by atoms with E-state index in [1.54, 1.807) is 6.20 Å². The summed E-state index contributed by atoms with van der Waals surface area (Å²) in [6, 6.07) is 6.21. The van der Waals surface area contributed by atoms with E-state index in [4.69, 9.17) is 5.73 Å². The fourth-order valence-electron chi connectivity index (χ4n) is 2.40. The van der Waals surface area contributed by atoms with E-state index >= 15 is 0 Å². The molecule has 0 aliphatic rings. The third-order valence-corrected chi connectivity index (χ3v) is 3.49. The summed E-state index contributed by atoms with van der Waals surface area (Å²) in [5.41, 5.74) is 8.36. The minimum Gasteiger partial charge on any atom is -0.397 e. The molecule has 4 heteroatoms. The van der Waals surface area contributed by atoms with Crippen LogP contribution in [0, 0.1) is 0 Å². The Hall–Kier alpha value is -1.81. The molecule has 0 saturated heterocycles. The van der Waals surface area contributed by atoms with Crippen LogP contribution in [0.2, 0.25) is 0 Å². The zero-order chi connectivity index (χ0) is 14.5. The van der Waals surface area contributed by atoms with Gasteiger partial charge in [0.1, 0.15) is 0 Å². The maximum Gasteiger partial charge on any atom is 0.0632 e. The summed E-state index contributed by atoms with van der Waals surface area (Å²) in [6.07, 6.45) is 4.77. The molecule has 1 heterocycles. The molecule has 0 amide bonds.